The molecule has 0 unspecified atom stereocenters. The first kappa shape index (κ1) is 20.9. The van der Waals surface area contributed by atoms with Crippen molar-refractivity contribution < 1.29 is 0 Å². The molecule has 182 valence electrons. The summed E-state index contributed by atoms with van der Waals surface area (Å²) in [5.74, 6) is 0. The van der Waals surface area contributed by atoms with Crippen molar-refractivity contribution in [1.29, 1.82) is 0 Å². The average molecular weight is 498 g/mol. The first-order valence-electron chi connectivity index (χ1n) is 13.5. The average Bonchev–Trinajstić information content (AvgIpc) is 3.70. The highest BCUT2D eigenvalue weighted by molar-refractivity contribution is 6.28. The topological polar surface area (TPSA) is 22.2 Å². The Labute approximate surface area is 224 Å². The molecule has 0 fully saturated rings. The van der Waals surface area contributed by atoms with Gasteiger partial charge in [-0.25, -0.2) is 0 Å². The van der Waals surface area contributed by atoms with Crippen molar-refractivity contribution in [1.82, 2.24) is 9.13 Å². The van der Waals surface area contributed by atoms with Gasteiger partial charge < -0.3 is 9.13 Å². The summed E-state index contributed by atoms with van der Waals surface area (Å²) in [6.45, 7) is 0. The summed E-state index contributed by atoms with van der Waals surface area (Å²) in [6, 6.07) is 44.0. The Balaban J connectivity index is 1.48. The summed E-state index contributed by atoms with van der Waals surface area (Å²) < 4.78 is 4.87. The first-order valence-corrected chi connectivity index (χ1v) is 13.5. The van der Waals surface area contributed by atoms with E-state index < -0.39 is 0 Å². The van der Waals surface area contributed by atoms with E-state index in [1.807, 2.05) is 6.21 Å². The van der Waals surface area contributed by atoms with Gasteiger partial charge >= 0.3 is 0 Å². The van der Waals surface area contributed by atoms with Crippen LogP contribution in [0.4, 0.5) is 5.69 Å². The number of aromatic nitrogens is 2. The number of fused-ring (bicyclic) bond motifs is 10. The van der Waals surface area contributed by atoms with E-state index in [1.54, 1.807) is 0 Å². The molecule has 0 radical (unpaired) electrons. The molecule has 3 heterocycles. The van der Waals surface area contributed by atoms with Crippen molar-refractivity contribution in [2.75, 3.05) is 0 Å². The van der Waals surface area contributed by atoms with E-state index in [0.29, 0.717) is 0 Å². The molecular formula is C36H23N3. The van der Waals surface area contributed by atoms with Crippen LogP contribution in [-0.2, 0) is 6.42 Å². The van der Waals surface area contributed by atoms with Gasteiger partial charge in [0.15, 0.2) is 0 Å². The maximum Gasteiger partial charge on any atom is 0.0682 e. The minimum Gasteiger partial charge on any atom is -0.309 e. The third-order valence-electron chi connectivity index (χ3n) is 8.37. The van der Waals surface area contributed by atoms with Crippen molar-refractivity contribution in [3.8, 4) is 11.4 Å². The predicted octanol–water partition coefficient (Wildman–Crippen LogP) is 9.29. The molecule has 0 bridgehead atoms. The van der Waals surface area contributed by atoms with Gasteiger partial charge in [-0.05, 0) is 47.9 Å². The third kappa shape index (κ3) is 2.74. The van der Waals surface area contributed by atoms with E-state index in [9.17, 15) is 0 Å². The molecule has 9 rings (SSSR count). The highest BCUT2D eigenvalue weighted by atomic mass is 15.0. The van der Waals surface area contributed by atoms with Gasteiger partial charge in [0, 0.05) is 50.8 Å². The Morgan fingerprint density at radius 3 is 2.05 bits per heavy atom. The fourth-order valence-electron chi connectivity index (χ4n) is 6.78. The molecule has 0 amide bonds. The van der Waals surface area contributed by atoms with Crippen molar-refractivity contribution >= 4 is 66.3 Å². The van der Waals surface area contributed by atoms with Gasteiger partial charge in [0.2, 0.25) is 0 Å². The predicted molar refractivity (Wildman–Crippen MR) is 164 cm³/mol. The SMILES string of the molecule is C1=Nc2cccc(-n3c4ccccc4c4ccc5c(ccc6c5c5ccccc5n6-c5ccccc5)c43)c2C1. The molecule has 2 aromatic heterocycles. The molecule has 1 aliphatic heterocycles. The number of nitrogens with zero attached hydrogens (tertiary/aromatic N) is 3. The molecule has 0 saturated carbocycles. The van der Waals surface area contributed by atoms with Gasteiger partial charge in [-0.1, -0.05) is 78.9 Å². The van der Waals surface area contributed by atoms with E-state index in [4.69, 9.17) is 0 Å². The van der Waals surface area contributed by atoms with Crippen LogP contribution in [0.2, 0.25) is 0 Å². The second kappa shape index (κ2) is 7.68. The lowest BCUT2D eigenvalue weighted by Gasteiger charge is -2.14. The second-order valence-corrected chi connectivity index (χ2v) is 10.3. The van der Waals surface area contributed by atoms with Crippen LogP contribution in [0, 0.1) is 0 Å². The fraction of sp³-hybridized carbons (Fsp3) is 0.0278. The molecule has 1 aliphatic rings. The lowest BCUT2D eigenvalue weighted by atomic mass is 10.0. The molecule has 39 heavy (non-hydrogen) atoms. The molecule has 0 atom stereocenters. The summed E-state index contributed by atoms with van der Waals surface area (Å²) >= 11 is 0. The number of hydrogen-bond acceptors (Lipinski definition) is 1. The van der Waals surface area contributed by atoms with Crippen LogP contribution in [0.25, 0.3) is 65.8 Å². The van der Waals surface area contributed by atoms with Crippen LogP contribution < -0.4 is 0 Å². The molecule has 0 aliphatic carbocycles. The zero-order chi connectivity index (χ0) is 25.5. The van der Waals surface area contributed by atoms with Crippen LogP contribution in [0.1, 0.15) is 5.56 Å². The van der Waals surface area contributed by atoms with E-state index >= 15 is 0 Å². The van der Waals surface area contributed by atoms with Crippen LogP contribution in [0.5, 0.6) is 0 Å². The van der Waals surface area contributed by atoms with E-state index in [2.05, 4.69) is 135 Å². The number of aliphatic imine (C=N–C) groups is 1. The fourth-order valence-corrected chi connectivity index (χ4v) is 6.78. The third-order valence-corrected chi connectivity index (χ3v) is 8.37. The van der Waals surface area contributed by atoms with E-state index in [1.165, 1.54) is 71.3 Å². The molecule has 6 aromatic carbocycles. The lowest BCUT2D eigenvalue weighted by molar-refractivity contribution is 1.15. The van der Waals surface area contributed by atoms with Crippen molar-refractivity contribution in [3.05, 3.63) is 127 Å². The number of para-hydroxylation sites is 3. The summed E-state index contributed by atoms with van der Waals surface area (Å²) in [7, 11) is 0. The minimum absolute atomic E-state index is 0.860. The van der Waals surface area contributed by atoms with Gasteiger partial charge in [-0.15, -0.1) is 0 Å². The quantitative estimate of drug-likeness (QED) is 0.227. The maximum absolute atomic E-state index is 4.66. The Morgan fingerprint density at radius 1 is 0.487 bits per heavy atom. The van der Waals surface area contributed by atoms with Crippen molar-refractivity contribution in [3.63, 3.8) is 0 Å². The number of benzene rings is 6. The summed E-state index contributed by atoms with van der Waals surface area (Å²) in [5.41, 5.74) is 9.70. The monoisotopic (exact) mass is 497 g/mol. The zero-order valence-electron chi connectivity index (χ0n) is 21.2. The molecule has 3 heteroatoms. The summed E-state index contributed by atoms with van der Waals surface area (Å²) in [6.07, 6.45) is 2.89. The molecule has 8 aromatic rings. The Morgan fingerprint density at radius 2 is 1.18 bits per heavy atom. The van der Waals surface area contributed by atoms with Crippen molar-refractivity contribution in [2.45, 2.75) is 6.42 Å². The Kier molecular flexibility index (Phi) is 4.11. The largest absolute Gasteiger partial charge is 0.309 e. The molecule has 3 nitrogen and oxygen atoms in total. The zero-order valence-corrected chi connectivity index (χ0v) is 21.2. The highest BCUT2D eigenvalue weighted by Gasteiger charge is 2.21. The highest BCUT2D eigenvalue weighted by Crippen LogP contribution is 2.43. The van der Waals surface area contributed by atoms with Crippen LogP contribution in [0.3, 0.4) is 0 Å². The first-order chi connectivity index (χ1) is 19.4. The second-order valence-electron chi connectivity index (χ2n) is 10.3. The summed E-state index contributed by atoms with van der Waals surface area (Å²) in [4.78, 5) is 4.66. The van der Waals surface area contributed by atoms with Gasteiger partial charge in [0.1, 0.15) is 0 Å². The molecule has 0 spiro atoms. The maximum atomic E-state index is 4.66. The van der Waals surface area contributed by atoms with Crippen LogP contribution >= 0.6 is 0 Å². The Bertz CT molecular complexity index is 2300. The lowest BCUT2D eigenvalue weighted by Crippen LogP contribution is -1.99. The number of hydrogen-bond donors (Lipinski definition) is 0. The number of rotatable bonds is 2. The van der Waals surface area contributed by atoms with Crippen LogP contribution in [0.15, 0.2) is 126 Å². The molecule has 0 N–H and O–H groups in total. The van der Waals surface area contributed by atoms with Gasteiger partial charge in [0.05, 0.1) is 33.4 Å². The summed E-state index contributed by atoms with van der Waals surface area (Å²) in [5, 5.41) is 7.67. The normalized spacial score (nSPS) is 12.9. The van der Waals surface area contributed by atoms with Gasteiger partial charge in [-0.2, -0.15) is 0 Å². The Hall–Kier alpha value is -5.15. The van der Waals surface area contributed by atoms with Crippen LogP contribution in [-0.4, -0.2) is 15.3 Å². The smallest absolute Gasteiger partial charge is 0.0682 e. The standard InChI is InChI=1S/C36H23N3/c1-2-9-23(10-3-1)38-33-15-7-5-12-29(33)35-25-17-18-26-24-11-4-6-14-31(24)39(36(26)27(25)19-20-34(35)38)32-16-8-13-30-28(32)21-22-37-30/h1-20,22H,21H2. The van der Waals surface area contributed by atoms with Gasteiger partial charge in [-0.3, -0.25) is 4.99 Å². The van der Waals surface area contributed by atoms with Gasteiger partial charge in [0.25, 0.3) is 0 Å². The van der Waals surface area contributed by atoms with E-state index in [0.717, 1.165) is 12.1 Å². The minimum atomic E-state index is 0.860. The molecular weight excluding hydrogens is 474 g/mol. The van der Waals surface area contributed by atoms with E-state index in [-0.39, 0.29) is 0 Å². The van der Waals surface area contributed by atoms with Crippen molar-refractivity contribution in [2.24, 2.45) is 4.99 Å². The molecule has 0 saturated heterocycles.